The van der Waals surface area contributed by atoms with Crippen molar-refractivity contribution in [2.45, 2.75) is 32.4 Å². The summed E-state index contributed by atoms with van der Waals surface area (Å²) in [6, 6.07) is 10.7. The maximum Gasteiger partial charge on any atom is 0.272 e. The fraction of sp³-hybridized carbons (Fsp3) is 0.545. The third kappa shape index (κ3) is 6.04. The second-order valence-corrected chi connectivity index (χ2v) is 8.02. The molecule has 1 aromatic carbocycles. The van der Waals surface area contributed by atoms with Crippen molar-refractivity contribution in [1.82, 2.24) is 30.6 Å². The van der Waals surface area contributed by atoms with Crippen LogP contribution in [0.5, 0.6) is 0 Å². The average molecular weight is 433 g/mol. The Labute approximate surface area is 185 Å². The van der Waals surface area contributed by atoms with Crippen LogP contribution in [0, 0.1) is 0 Å². The van der Waals surface area contributed by atoms with Crippen LogP contribution in [0.25, 0.3) is 0 Å². The summed E-state index contributed by atoms with van der Waals surface area (Å²) >= 11 is 0. The zero-order valence-corrected chi connectivity index (χ0v) is 18.3. The third-order valence-electron chi connectivity index (χ3n) is 5.92. The minimum Gasteiger partial charge on any atom is -0.351 e. The van der Waals surface area contributed by atoms with Crippen LogP contribution in [0.4, 0.5) is 0 Å². The van der Waals surface area contributed by atoms with Gasteiger partial charge in [0.05, 0.1) is 0 Å². The van der Waals surface area contributed by atoms with E-state index >= 15 is 0 Å². The van der Waals surface area contributed by atoms with Crippen LogP contribution in [0.1, 0.15) is 40.2 Å². The lowest BCUT2D eigenvalue weighted by Gasteiger charge is -2.34. The Kier molecular flexibility index (Phi) is 8.69. The number of nitrogens with zero attached hydrogens (tertiary/aromatic N) is 3. The van der Waals surface area contributed by atoms with E-state index in [-0.39, 0.29) is 18.3 Å². The number of unbranched alkanes of at least 4 members (excludes halogenated alkanes) is 1. The molecular weight excluding hydrogens is 400 g/mol. The summed E-state index contributed by atoms with van der Waals surface area (Å²) in [6.45, 7) is 9.05. The van der Waals surface area contributed by atoms with Crippen molar-refractivity contribution in [2.75, 3.05) is 45.8 Å². The maximum absolute atomic E-state index is 12.4. The molecule has 0 atom stereocenters. The van der Waals surface area contributed by atoms with Gasteiger partial charge in [-0.3, -0.25) is 14.8 Å². The molecule has 0 spiro atoms. The summed E-state index contributed by atoms with van der Waals surface area (Å²) in [5, 5.41) is 13.6. The Morgan fingerprint density at radius 1 is 1.07 bits per heavy atom. The van der Waals surface area contributed by atoms with Gasteiger partial charge in [0.25, 0.3) is 5.91 Å². The fourth-order valence-corrected chi connectivity index (χ4v) is 4.17. The number of fused-ring (bicyclic) bond motifs is 1. The van der Waals surface area contributed by atoms with Crippen LogP contribution >= 0.6 is 12.4 Å². The van der Waals surface area contributed by atoms with Crippen LogP contribution in [0.3, 0.4) is 0 Å². The number of aromatic amines is 1. The highest BCUT2D eigenvalue weighted by Gasteiger charge is 2.21. The van der Waals surface area contributed by atoms with Crippen molar-refractivity contribution in [1.29, 1.82) is 0 Å². The number of benzene rings is 1. The Bertz CT molecular complexity index is 788. The summed E-state index contributed by atoms with van der Waals surface area (Å²) < 4.78 is 0. The number of piperazine rings is 1. The molecule has 0 unspecified atom stereocenters. The highest BCUT2D eigenvalue weighted by atomic mass is 35.5. The number of amides is 1. The first-order chi connectivity index (χ1) is 14.3. The number of nitrogens with one attached hydrogen (secondary N) is 3. The molecule has 1 fully saturated rings. The zero-order valence-electron chi connectivity index (χ0n) is 17.5. The molecule has 8 heteroatoms. The Morgan fingerprint density at radius 2 is 1.83 bits per heavy atom. The number of halogens is 1. The molecule has 0 bridgehead atoms. The quantitative estimate of drug-likeness (QED) is 0.554. The standard InChI is InChI=1S/C22H32N6O.ClH/c29-22(21-19-16-23-10-8-20(19)25-26-21)24-9-4-5-11-27-12-14-28(15-13-27)17-18-6-2-1-3-7-18;/h1-3,6-7,23H,4-5,8-17H2,(H,24,29)(H,25,26);1H. The molecule has 1 aromatic heterocycles. The monoisotopic (exact) mass is 432 g/mol. The van der Waals surface area contributed by atoms with E-state index in [0.29, 0.717) is 12.2 Å². The van der Waals surface area contributed by atoms with Crippen LogP contribution in [-0.2, 0) is 19.5 Å². The third-order valence-corrected chi connectivity index (χ3v) is 5.92. The van der Waals surface area contributed by atoms with Crippen LogP contribution < -0.4 is 10.6 Å². The van der Waals surface area contributed by atoms with Crippen molar-refractivity contribution in [3.05, 3.63) is 52.8 Å². The first-order valence-electron chi connectivity index (χ1n) is 10.8. The van der Waals surface area contributed by atoms with Gasteiger partial charge >= 0.3 is 0 Å². The average Bonchev–Trinajstić information content (AvgIpc) is 3.20. The molecule has 3 N–H and O–H groups in total. The second-order valence-electron chi connectivity index (χ2n) is 8.02. The molecule has 4 rings (SSSR count). The molecule has 0 radical (unpaired) electrons. The summed E-state index contributed by atoms with van der Waals surface area (Å²) in [4.78, 5) is 17.5. The van der Waals surface area contributed by atoms with Gasteiger partial charge in [-0.2, -0.15) is 5.10 Å². The van der Waals surface area contributed by atoms with E-state index in [9.17, 15) is 4.79 Å². The minimum atomic E-state index is -0.0549. The highest BCUT2D eigenvalue weighted by molar-refractivity contribution is 5.94. The van der Waals surface area contributed by atoms with Crippen molar-refractivity contribution >= 4 is 18.3 Å². The number of hydrogen-bond acceptors (Lipinski definition) is 5. The fourth-order valence-electron chi connectivity index (χ4n) is 4.17. The van der Waals surface area contributed by atoms with Gasteiger partial charge in [0.1, 0.15) is 0 Å². The molecule has 30 heavy (non-hydrogen) atoms. The van der Waals surface area contributed by atoms with Crippen molar-refractivity contribution in [3.8, 4) is 0 Å². The van der Waals surface area contributed by atoms with Gasteiger partial charge in [-0.05, 0) is 24.9 Å². The number of H-pyrrole nitrogens is 1. The molecule has 0 saturated carbocycles. The molecule has 3 heterocycles. The van der Waals surface area contributed by atoms with Gasteiger partial charge in [0.2, 0.25) is 0 Å². The Morgan fingerprint density at radius 3 is 2.63 bits per heavy atom. The molecule has 0 aliphatic carbocycles. The van der Waals surface area contributed by atoms with E-state index in [1.165, 1.54) is 5.56 Å². The van der Waals surface area contributed by atoms with Gasteiger partial charge in [0, 0.05) is 70.0 Å². The lowest BCUT2D eigenvalue weighted by Crippen LogP contribution is -2.46. The van der Waals surface area contributed by atoms with Crippen molar-refractivity contribution in [3.63, 3.8) is 0 Å². The summed E-state index contributed by atoms with van der Waals surface area (Å²) in [5.74, 6) is -0.0549. The lowest BCUT2D eigenvalue weighted by molar-refractivity contribution is 0.0945. The summed E-state index contributed by atoms with van der Waals surface area (Å²) in [6.07, 6.45) is 3.02. The van der Waals surface area contributed by atoms with Gasteiger partial charge in [-0.15, -0.1) is 12.4 Å². The number of aromatic nitrogens is 2. The van der Waals surface area contributed by atoms with Gasteiger partial charge < -0.3 is 15.5 Å². The first kappa shape index (κ1) is 22.7. The van der Waals surface area contributed by atoms with Gasteiger partial charge in [0.15, 0.2) is 5.69 Å². The van der Waals surface area contributed by atoms with Crippen molar-refractivity contribution < 1.29 is 4.79 Å². The van der Waals surface area contributed by atoms with E-state index < -0.39 is 0 Å². The molecule has 2 aromatic rings. The van der Waals surface area contributed by atoms with Crippen LogP contribution in [0.15, 0.2) is 30.3 Å². The van der Waals surface area contributed by atoms with E-state index in [0.717, 1.165) is 82.9 Å². The van der Waals surface area contributed by atoms with E-state index in [1.807, 2.05) is 0 Å². The van der Waals surface area contributed by atoms with Crippen LogP contribution in [-0.4, -0.2) is 71.7 Å². The van der Waals surface area contributed by atoms with Gasteiger partial charge in [-0.25, -0.2) is 0 Å². The number of carbonyl (C=O) groups is 1. The molecule has 1 saturated heterocycles. The first-order valence-corrected chi connectivity index (χ1v) is 10.8. The Balaban J connectivity index is 0.00000256. The maximum atomic E-state index is 12.4. The highest BCUT2D eigenvalue weighted by Crippen LogP contribution is 2.15. The van der Waals surface area contributed by atoms with Gasteiger partial charge in [-0.1, -0.05) is 30.3 Å². The zero-order chi connectivity index (χ0) is 19.9. The normalized spacial score (nSPS) is 17.2. The minimum absolute atomic E-state index is 0. The summed E-state index contributed by atoms with van der Waals surface area (Å²) in [5.41, 5.74) is 4.08. The molecule has 7 nitrogen and oxygen atoms in total. The van der Waals surface area contributed by atoms with Crippen molar-refractivity contribution in [2.24, 2.45) is 0 Å². The number of carbonyl (C=O) groups excluding carboxylic acids is 1. The molecule has 1 amide bonds. The SMILES string of the molecule is Cl.O=C(NCCCCN1CCN(Cc2ccccc2)CC1)c1n[nH]c2c1CNCC2. The largest absolute Gasteiger partial charge is 0.351 e. The molecule has 2 aliphatic heterocycles. The second kappa shape index (κ2) is 11.5. The molecule has 2 aliphatic rings. The van der Waals surface area contributed by atoms with E-state index in [2.05, 4.69) is 61.0 Å². The Hall–Kier alpha value is -1.93. The van der Waals surface area contributed by atoms with E-state index in [1.54, 1.807) is 0 Å². The van der Waals surface area contributed by atoms with E-state index in [4.69, 9.17) is 0 Å². The predicted molar refractivity (Wildman–Crippen MR) is 121 cm³/mol. The molecule has 164 valence electrons. The van der Waals surface area contributed by atoms with Crippen LogP contribution in [0.2, 0.25) is 0 Å². The summed E-state index contributed by atoms with van der Waals surface area (Å²) in [7, 11) is 0. The predicted octanol–water partition coefficient (Wildman–Crippen LogP) is 1.80. The smallest absolute Gasteiger partial charge is 0.272 e. The number of rotatable bonds is 8. The lowest BCUT2D eigenvalue weighted by atomic mass is 10.1. The molecular formula is C22H33ClN6O. The topological polar surface area (TPSA) is 76.3 Å². The number of hydrogen-bond donors (Lipinski definition) is 3.